The normalized spacial score (nSPS) is 15.0. The molecule has 8 heteroatoms. The van der Waals surface area contributed by atoms with E-state index in [-0.39, 0.29) is 18.4 Å². The second kappa shape index (κ2) is 9.18. The van der Waals surface area contributed by atoms with Gasteiger partial charge in [-0.2, -0.15) is 0 Å². The van der Waals surface area contributed by atoms with E-state index in [0.29, 0.717) is 22.8 Å². The largest absolute Gasteiger partial charge is 0.484 e. The average Bonchev–Trinajstić information content (AvgIpc) is 3.22. The van der Waals surface area contributed by atoms with Gasteiger partial charge in [-0.25, -0.2) is 4.98 Å². The van der Waals surface area contributed by atoms with Gasteiger partial charge in [0.25, 0.3) is 11.8 Å². The van der Waals surface area contributed by atoms with E-state index in [2.05, 4.69) is 15.3 Å². The first-order valence-electron chi connectivity index (χ1n) is 10.5. The van der Waals surface area contributed by atoms with Crippen LogP contribution in [0, 0.1) is 0 Å². The molecule has 1 fully saturated rings. The SMILES string of the molecule is CC(O)c1nc2ccc(NC(=O)c3ccc(OCC(=O)N4CCCCC4)cc3)cc2[nH]1. The van der Waals surface area contributed by atoms with Crippen LogP contribution in [0.15, 0.2) is 42.5 Å². The molecule has 4 rings (SSSR count). The van der Waals surface area contributed by atoms with Crippen LogP contribution in [-0.2, 0) is 4.79 Å². The topological polar surface area (TPSA) is 108 Å². The van der Waals surface area contributed by atoms with Crippen LogP contribution in [0.5, 0.6) is 5.75 Å². The van der Waals surface area contributed by atoms with E-state index in [4.69, 9.17) is 4.74 Å². The van der Waals surface area contributed by atoms with Gasteiger partial charge in [0.1, 0.15) is 17.7 Å². The number of H-pyrrole nitrogens is 1. The number of hydrogen-bond acceptors (Lipinski definition) is 5. The molecule has 1 saturated heterocycles. The summed E-state index contributed by atoms with van der Waals surface area (Å²) in [5, 5.41) is 12.5. The quantitative estimate of drug-likeness (QED) is 0.565. The lowest BCUT2D eigenvalue weighted by Crippen LogP contribution is -2.38. The van der Waals surface area contributed by atoms with Crippen molar-refractivity contribution in [3.05, 3.63) is 53.9 Å². The van der Waals surface area contributed by atoms with Gasteiger partial charge in [-0.3, -0.25) is 9.59 Å². The van der Waals surface area contributed by atoms with Crippen molar-refractivity contribution in [2.75, 3.05) is 25.0 Å². The summed E-state index contributed by atoms with van der Waals surface area (Å²) >= 11 is 0. The number of hydrogen-bond donors (Lipinski definition) is 3. The second-order valence-corrected chi connectivity index (χ2v) is 7.74. The van der Waals surface area contributed by atoms with Gasteiger partial charge >= 0.3 is 0 Å². The molecule has 1 aliphatic heterocycles. The molecule has 0 bridgehead atoms. The lowest BCUT2D eigenvalue weighted by atomic mass is 10.1. The number of anilines is 1. The number of carbonyl (C=O) groups excluding carboxylic acids is 2. The van der Waals surface area contributed by atoms with E-state index in [1.165, 1.54) is 6.42 Å². The summed E-state index contributed by atoms with van der Waals surface area (Å²) in [7, 11) is 0. The Labute approximate surface area is 180 Å². The molecule has 3 N–H and O–H groups in total. The number of imidazole rings is 1. The van der Waals surface area contributed by atoms with Gasteiger partial charge in [0.15, 0.2) is 6.61 Å². The summed E-state index contributed by atoms with van der Waals surface area (Å²) in [6.45, 7) is 3.24. The Morgan fingerprint density at radius 1 is 1.16 bits per heavy atom. The predicted octanol–water partition coefficient (Wildman–Crippen LogP) is 3.26. The minimum atomic E-state index is -0.693. The van der Waals surface area contributed by atoms with Gasteiger partial charge in [-0.05, 0) is 68.7 Å². The maximum Gasteiger partial charge on any atom is 0.260 e. The third-order valence-electron chi connectivity index (χ3n) is 5.34. The number of nitrogens with zero attached hydrogens (tertiary/aromatic N) is 2. The Morgan fingerprint density at radius 3 is 2.61 bits per heavy atom. The molecule has 162 valence electrons. The molecular weight excluding hydrogens is 396 g/mol. The van der Waals surface area contributed by atoms with Gasteiger partial charge in [0.05, 0.1) is 11.0 Å². The van der Waals surface area contributed by atoms with E-state index in [0.717, 1.165) is 37.0 Å². The van der Waals surface area contributed by atoms with Gasteiger partial charge < -0.3 is 25.0 Å². The van der Waals surface area contributed by atoms with Crippen molar-refractivity contribution in [2.24, 2.45) is 0 Å². The zero-order valence-corrected chi connectivity index (χ0v) is 17.4. The minimum absolute atomic E-state index is 0.00415. The molecule has 2 amide bonds. The number of fused-ring (bicyclic) bond motifs is 1. The van der Waals surface area contributed by atoms with Crippen molar-refractivity contribution in [2.45, 2.75) is 32.3 Å². The van der Waals surface area contributed by atoms with Crippen LogP contribution in [0.2, 0.25) is 0 Å². The number of amides is 2. The molecule has 3 aromatic rings. The maximum absolute atomic E-state index is 12.6. The fourth-order valence-corrected chi connectivity index (χ4v) is 3.59. The van der Waals surface area contributed by atoms with Crippen molar-refractivity contribution in [3.63, 3.8) is 0 Å². The molecular formula is C23H26N4O4. The highest BCUT2D eigenvalue weighted by Crippen LogP contribution is 2.21. The Morgan fingerprint density at radius 2 is 1.90 bits per heavy atom. The molecule has 2 aromatic carbocycles. The Hall–Kier alpha value is -3.39. The van der Waals surface area contributed by atoms with E-state index in [1.807, 2.05) is 4.90 Å². The number of ether oxygens (including phenoxy) is 1. The van der Waals surface area contributed by atoms with Crippen molar-refractivity contribution in [3.8, 4) is 5.75 Å². The third kappa shape index (κ3) is 5.03. The number of aliphatic hydroxyl groups is 1. The first-order chi connectivity index (χ1) is 15.0. The number of carbonyl (C=O) groups is 2. The number of aromatic amines is 1. The second-order valence-electron chi connectivity index (χ2n) is 7.74. The highest BCUT2D eigenvalue weighted by atomic mass is 16.5. The molecule has 0 radical (unpaired) electrons. The standard InChI is InChI=1S/C23H26N4O4/c1-15(28)22-25-19-10-7-17(13-20(19)26-22)24-23(30)16-5-8-18(9-6-16)31-14-21(29)27-11-3-2-4-12-27/h5-10,13,15,28H,2-4,11-12,14H2,1H3,(H,24,30)(H,25,26). The number of benzene rings is 2. The van der Waals surface area contributed by atoms with Gasteiger partial charge in [-0.1, -0.05) is 0 Å². The predicted molar refractivity (Wildman–Crippen MR) is 117 cm³/mol. The van der Waals surface area contributed by atoms with Crippen molar-refractivity contribution < 1.29 is 19.4 Å². The number of likely N-dealkylation sites (tertiary alicyclic amines) is 1. The number of piperidine rings is 1. The van der Waals surface area contributed by atoms with Crippen LogP contribution in [0.1, 0.15) is 48.5 Å². The zero-order chi connectivity index (χ0) is 21.8. The number of aromatic nitrogens is 2. The molecule has 0 saturated carbocycles. The first-order valence-corrected chi connectivity index (χ1v) is 10.5. The fraction of sp³-hybridized carbons (Fsp3) is 0.348. The van der Waals surface area contributed by atoms with Crippen LogP contribution < -0.4 is 10.1 Å². The number of nitrogens with one attached hydrogen (secondary N) is 2. The molecule has 1 aromatic heterocycles. The summed E-state index contributed by atoms with van der Waals surface area (Å²) in [4.78, 5) is 33.9. The first kappa shape index (κ1) is 20.9. The summed E-state index contributed by atoms with van der Waals surface area (Å²) in [6, 6.07) is 12.0. The Bertz CT molecular complexity index is 1070. The fourth-order valence-electron chi connectivity index (χ4n) is 3.59. The van der Waals surface area contributed by atoms with Crippen molar-refractivity contribution in [1.82, 2.24) is 14.9 Å². The van der Waals surface area contributed by atoms with Gasteiger partial charge in [0.2, 0.25) is 0 Å². The highest BCUT2D eigenvalue weighted by Gasteiger charge is 2.17. The molecule has 0 aliphatic carbocycles. The summed E-state index contributed by atoms with van der Waals surface area (Å²) in [5.41, 5.74) is 2.54. The molecule has 31 heavy (non-hydrogen) atoms. The van der Waals surface area contributed by atoms with Crippen LogP contribution >= 0.6 is 0 Å². The summed E-state index contributed by atoms with van der Waals surface area (Å²) in [5.74, 6) is 0.763. The van der Waals surface area contributed by atoms with E-state index >= 15 is 0 Å². The number of aliphatic hydroxyl groups excluding tert-OH is 1. The van der Waals surface area contributed by atoms with Crippen molar-refractivity contribution in [1.29, 1.82) is 0 Å². The lowest BCUT2D eigenvalue weighted by molar-refractivity contribution is -0.134. The molecule has 1 unspecified atom stereocenters. The lowest BCUT2D eigenvalue weighted by Gasteiger charge is -2.26. The maximum atomic E-state index is 12.6. The smallest absolute Gasteiger partial charge is 0.260 e. The molecule has 2 heterocycles. The minimum Gasteiger partial charge on any atom is -0.484 e. The Kier molecular flexibility index (Phi) is 6.18. The highest BCUT2D eigenvalue weighted by molar-refractivity contribution is 6.05. The van der Waals surface area contributed by atoms with Crippen LogP contribution in [0.25, 0.3) is 11.0 Å². The van der Waals surface area contributed by atoms with Crippen LogP contribution in [0.4, 0.5) is 5.69 Å². The van der Waals surface area contributed by atoms with Gasteiger partial charge in [-0.15, -0.1) is 0 Å². The van der Waals surface area contributed by atoms with E-state index in [1.54, 1.807) is 49.4 Å². The molecule has 0 spiro atoms. The van der Waals surface area contributed by atoms with Gasteiger partial charge in [0, 0.05) is 24.3 Å². The summed E-state index contributed by atoms with van der Waals surface area (Å²) in [6.07, 6.45) is 2.57. The molecule has 1 atom stereocenters. The van der Waals surface area contributed by atoms with Crippen molar-refractivity contribution >= 4 is 28.5 Å². The van der Waals surface area contributed by atoms with Crippen LogP contribution in [-0.4, -0.2) is 51.5 Å². The molecule has 1 aliphatic rings. The third-order valence-corrected chi connectivity index (χ3v) is 5.34. The van der Waals surface area contributed by atoms with E-state index in [9.17, 15) is 14.7 Å². The zero-order valence-electron chi connectivity index (χ0n) is 17.4. The average molecular weight is 422 g/mol. The molecule has 8 nitrogen and oxygen atoms in total. The Balaban J connectivity index is 1.34. The van der Waals surface area contributed by atoms with Crippen LogP contribution in [0.3, 0.4) is 0 Å². The van der Waals surface area contributed by atoms with E-state index < -0.39 is 6.10 Å². The monoisotopic (exact) mass is 422 g/mol. The summed E-state index contributed by atoms with van der Waals surface area (Å²) < 4.78 is 5.59. The number of rotatable bonds is 6.